The number of carboxylic acid groups (broad SMARTS) is 1. The fourth-order valence-corrected chi connectivity index (χ4v) is 1.84. The summed E-state index contributed by atoms with van der Waals surface area (Å²) >= 11 is 0. The number of hydrogen-bond acceptors (Lipinski definition) is 3. The zero-order chi connectivity index (χ0) is 12.8. The van der Waals surface area contributed by atoms with Crippen LogP contribution in [-0.2, 0) is 4.79 Å². The Morgan fingerprint density at radius 3 is 2.65 bits per heavy atom. The van der Waals surface area contributed by atoms with Gasteiger partial charge in [-0.05, 0) is 25.5 Å². The van der Waals surface area contributed by atoms with E-state index < -0.39 is 5.97 Å². The quantitative estimate of drug-likeness (QED) is 0.793. The monoisotopic (exact) mass is 237 g/mol. The predicted molar refractivity (Wildman–Crippen MR) is 66.3 cm³/mol. The van der Waals surface area contributed by atoms with Gasteiger partial charge in [-0.2, -0.15) is 0 Å². The Labute approximate surface area is 101 Å². The Kier molecular flexibility index (Phi) is 4.97. The van der Waals surface area contributed by atoms with E-state index in [-0.39, 0.29) is 18.4 Å². The van der Waals surface area contributed by atoms with Crippen LogP contribution in [0.5, 0.6) is 5.75 Å². The Morgan fingerprint density at radius 1 is 1.47 bits per heavy atom. The van der Waals surface area contributed by atoms with E-state index in [2.05, 4.69) is 0 Å². The molecule has 94 valence electrons. The topological polar surface area (TPSA) is 72.5 Å². The highest BCUT2D eigenvalue weighted by Crippen LogP contribution is 2.30. The van der Waals surface area contributed by atoms with Crippen molar-refractivity contribution in [3.8, 4) is 5.75 Å². The van der Waals surface area contributed by atoms with Gasteiger partial charge in [-0.25, -0.2) is 0 Å². The normalized spacial score (nSPS) is 14.1. The third-order valence-electron chi connectivity index (χ3n) is 2.65. The SMILES string of the molecule is CCOc1ccccc1C(CC(=O)O)C(C)N. The van der Waals surface area contributed by atoms with Crippen molar-refractivity contribution < 1.29 is 14.6 Å². The molecule has 4 heteroatoms. The molecule has 0 amide bonds. The van der Waals surface area contributed by atoms with Crippen molar-refractivity contribution in [2.75, 3.05) is 6.61 Å². The summed E-state index contributed by atoms with van der Waals surface area (Å²) in [4.78, 5) is 10.9. The van der Waals surface area contributed by atoms with E-state index in [4.69, 9.17) is 15.6 Å². The molecular weight excluding hydrogens is 218 g/mol. The number of carbonyl (C=O) groups is 1. The molecule has 3 N–H and O–H groups in total. The van der Waals surface area contributed by atoms with Crippen molar-refractivity contribution in [3.05, 3.63) is 29.8 Å². The molecule has 0 fully saturated rings. The highest BCUT2D eigenvalue weighted by Gasteiger charge is 2.22. The largest absolute Gasteiger partial charge is 0.494 e. The number of para-hydroxylation sites is 1. The third kappa shape index (κ3) is 3.75. The molecule has 0 bridgehead atoms. The average Bonchev–Trinajstić information content (AvgIpc) is 2.27. The van der Waals surface area contributed by atoms with Gasteiger partial charge in [0.15, 0.2) is 0 Å². The predicted octanol–water partition coefficient (Wildman–Crippen LogP) is 1.99. The maximum Gasteiger partial charge on any atom is 0.304 e. The van der Waals surface area contributed by atoms with E-state index in [1.54, 1.807) is 0 Å². The lowest BCUT2D eigenvalue weighted by Crippen LogP contribution is -2.27. The van der Waals surface area contributed by atoms with Crippen LogP contribution >= 0.6 is 0 Å². The Balaban J connectivity index is 3.04. The van der Waals surface area contributed by atoms with Gasteiger partial charge in [0.25, 0.3) is 0 Å². The first-order chi connectivity index (χ1) is 8.06. The average molecular weight is 237 g/mol. The first kappa shape index (κ1) is 13.5. The van der Waals surface area contributed by atoms with Crippen LogP contribution in [0.3, 0.4) is 0 Å². The summed E-state index contributed by atoms with van der Waals surface area (Å²) in [6.07, 6.45) is 0.0156. The van der Waals surface area contributed by atoms with Crippen LogP contribution in [0, 0.1) is 0 Å². The minimum Gasteiger partial charge on any atom is -0.494 e. The smallest absolute Gasteiger partial charge is 0.304 e. The molecule has 0 aliphatic carbocycles. The lowest BCUT2D eigenvalue weighted by molar-refractivity contribution is -0.137. The van der Waals surface area contributed by atoms with Gasteiger partial charge in [-0.3, -0.25) is 4.79 Å². The van der Waals surface area contributed by atoms with Crippen LogP contribution in [0.4, 0.5) is 0 Å². The lowest BCUT2D eigenvalue weighted by Gasteiger charge is -2.22. The van der Waals surface area contributed by atoms with Crippen LogP contribution in [0.15, 0.2) is 24.3 Å². The van der Waals surface area contributed by atoms with Crippen molar-refractivity contribution in [2.24, 2.45) is 5.73 Å². The second kappa shape index (κ2) is 6.25. The number of benzene rings is 1. The molecule has 17 heavy (non-hydrogen) atoms. The van der Waals surface area contributed by atoms with Crippen LogP contribution in [-0.4, -0.2) is 23.7 Å². The van der Waals surface area contributed by atoms with Gasteiger partial charge in [0.2, 0.25) is 0 Å². The van der Waals surface area contributed by atoms with Crippen molar-refractivity contribution in [2.45, 2.75) is 32.2 Å². The van der Waals surface area contributed by atoms with Crippen molar-refractivity contribution in [3.63, 3.8) is 0 Å². The molecule has 1 aromatic carbocycles. The molecule has 2 atom stereocenters. The van der Waals surface area contributed by atoms with Crippen LogP contribution in [0.1, 0.15) is 31.7 Å². The van der Waals surface area contributed by atoms with Crippen molar-refractivity contribution in [1.82, 2.24) is 0 Å². The van der Waals surface area contributed by atoms with E-state index in [0.717, 1.165) is 11.3 Å². The van der Waals surface area contributed by atoms with E-state index in [1.165, 1.54) is 0 Å². The minimum absolute atomic E-state index is 0.0156. The molecule has 2 unspecified atom stereocenters. The highest BCUT2D eigenvalue weighted by atomic mass is 16.5. The fourth-order valence-electron chi connectivity index (χ4n) is 1.84. The van der Waals surface area contributed by atoms with Gasteiger partial charge in [-0.1, -0.05) is 18.2 Å². The molecule has 0 heterocycles. The summed E-state index contributed by atoms with van der Waals surface area (Å²) in [7, 11) is 0. The molecule has 1 aromatic rings. The van der Waals surface area contributed by atoms with Gasteiger partial charge in [0.05, 0.1) is 13.0 Å². The van der Waals surface area contributed by atoms with Crippen LogP contribution < -0.4 is 10.5 Å². The second-order valence-corrected chi connectivity index (χ2v) is 4.03. The number of aliphatic carboxylic acids is 1. The molecule has 0 aliphatic rings. The maximum absolute atomic E-state index is 10.9. The van der Waals surface area contributed by atoms with Crippen molar-refractivity contribution >= 4 is 5.97 Å². The molecule has 0 aromatic heterocycles. The third-order valence-corrected chi connectivity index (χ3v) is 2.65. The van der Waals surface area contributed by atoms with Gasteiger partial charge in [-0.15, -0.1) is 0 Å². The van der Waals surface area contributed by atoms with E-state index in [1.807, 2.05) is 38.1 Å². The summed E-state index contributed by atoms with van der Waals surface area (Å²) in [5, 5.41) is 8.92. The summed E-state index contributed by atoms with van der Waals surface area (Å²) in [5.41, 5.74) is 6.73. The Morgan fingerprint density at radius 2 is 2.12 bits per heavy atom. The molecule has 0 aliphatic heterocycles. The zero-order valence-corrected chi connectivity index (χ0v) is 10.2. The Bertz CT molecular complexity index is 377. The van der Waals surface area contributed by atoms with E-state index in [0.29, 0.717) is 6.61 Å². The van der Waals surface area contributed by atoms with Crippen molar-refractivity contribution in [1.29, 1.82) is 0 Å². The number of hydrogen-bond donors (Lipinski definition) is 2. The van der Waals surface area contributed by atoms with Crippen LogP contribution in [0.25, 0.3) is 0 Å². The molecule has 0 spiro atoms. The maximum atomic E-state index is 10.9. The van der Waals surface area contributed by atoms with Gasteiger partial charge in [0.1, 0.15) is 5.75 Å². The first-order valence-electron chi connectivity index (χ1n) is 5.75. The van der Waals surface area contributed by atoms with Crippen LogP contribution in [0.2, 0.25) is 0 Å². The van der Waals surface area contributed by atoms with Gasteiger partial charge >= 0.3 is 5.97 Å². The zero-order valence-electron chi connectivity index (χ0n) is 10.2. The summed E-state index contributed by atoms with van der Waals surface area (Å²) in [6, 6.07) is 7.23. The summed E-state index contributed by atoms with van der Waals surface area (Å²) < 4.78 is 5.50. The molecule has 0 radical (unpaired) electrons. The first-order valence-corrected chi connectivity index (χ1v) is 5.75. The molecular formula is C13H19NO3. The number of rotatable bonds is 6. The summed E-state index contributed by atoms with van der Waals surface area (Å²) in [5.74, 6) is -0.354. The standard InChI is InChI=1S/C13H19NO3/c1-3-17-12-7-5-4-6-10(12)11(9(2)14)8-13(15)16/h4-7,9,11H,3,8,14H2,1-2H3,(H,15,16). The second-order valence-electron chi connectivity index (χ2n) is 4.03. The van der Waals surface area contributed by atoms with E-state index in [9.17, 15) is 4.79 Å². The van der Waals surface area contributed by atoms with Gasteiger partial charge < -0.3 is 15.6 Å². The lowest BCUT2D eigenvalue weighted by atomic mass is 9.89. The van der Waals surface area contributed by atoms with E-state index >= 15 is 0 Å². The minimum atomic E-state index is -0.849. The Hall–Kier alpha value is -1.55. The van der Waals surface area contributed by atoms with Gasteiger partial charge in [0, 0.05) is 12.0 Å². The number of ether oxygens (including phenoxy) is 1. The number of carboxylic acids is 1. The molecule has 4 nitrogen and oxygen atoms in total. The molecule has 1 rings (SSSR count). The highest BCUT2D eigenvalue weighted by molar-refractivity contribution is 5.68. The summed E-state index contributed by atoms with van der Waals surface area (Å²) in [6.45, 7) is 4.26. The molecule has 0 saturated carbocycles. The molecule has 0 saturated heterocycles. The fraction of sp³-hybridized carbons (Fsp3) is 0.462. The number of nitrogens with two attached hydrogens (primary N) is 1.